The number of nitrogens with zero attached hydrogens (tertiary/aromatic N) is 1. The zero-order valence-corrected chi connectivity index (χ0v) is 18.3. The first kappa shape index (κ1) is 21.1. The Bertz CT molecular complexity index is 1360. The molecule has 2 aliphatic heterocycles. The summed E-state index contributed by atoms with van der Waals surface area (Å²) in [7, 11) is 0. The molecule has 0 bridgehead atoms. The summed E-state index contributed by atoms with van der Waals surface area (Å²) >= 11 is 1.32. The number of benzene rings is 2. The van der Waals surface area contributed by atoms with Crippen molar-refractivity contribution in [3.8, 4) is 11.5 Å². The number of ether oxygens (including phenoxy) is 2. The summed E-state index contributed by atoms with van der Waals surface area (Å²) in [6.07, 6.45) is 0.381. The quantitative estimate of drug-likeness (QED) is 0.591. The molecule has 2 N–H and O–H groups in total. The number of thioether (sulfide) groups is 1. The molecule has 2 aliphatic rings. The van der Waals surface area contributed by atoms with Crippen molar-refractivity contribution in [2.24, 2.45) is 0 Å². The van der Waals surface area contributed by atoms with E-state index in [0.717, 1.165) is 10.3 Å². The molecule has 1 aromatic heterocycles. The van der Waals surface area contributed by atoms with Gasteiger partial charge in [0, 0.05) is 11.3 Å². The number of nitrogens with one attached hydrogen (secondary N) is 2. The molecule has 2 atom stereocenters. The lowest BCUT2D eigenvalue weighted by Crippen LogP contribution is -2.28. The standard InChI is InChI=1S/C22H19N3O7S/c1-11-19(26)15-8-17-16(30-10-31-17)6-13(15)7-18(33-11)20(27)23-14-4-2-12(3-5-14)9-25-21(28)24-22(29)32-25/h2-6,8,11,18H,7,9-10H2,1H3,(H,23,27)(H,24,28,29). The molecule has 0 saturated carbocycles. The second-order valence-corrected chi connectivity index (χ2v) is 9.28. The van der Waals surface area contributed by atoms with E-state index < -0.39 is 16.7 Å². The minimum absolute atomic E-state index is 0.0420. The van der Waals surface area contributed by atoms with Gasteiger partial charge in [0.15, 0.2) is 17.3 Å². The largest absolute Gasteiger partial charge is 0.454 e. The maximum atomic E-state index is 13.0. The Morgan fingerprint density at radius 3 is 2.58 bits per heavy atom. The normalized spacial score (nSPS) is 19.1. The molecule has 33 heavy (non-hydrogen) atoms. The van der Waals surface area contributed by atoms with E-state index in [9.17, 15) is 19.2 Å². The number of hydrogen-bond acceptors (Lipinski definition) is 8. The van der Waals surface area contributed by atoms with Gasteiger partial charge in [-0.2, -0.15) is 0 Å². The third-order valence-corrected chi connectivity index (χ3v) is 6.81. The van der Waals surface area contributed by atoms with Crippen molar-refractivity contribution in [2.45, 2.75) is 30.4 Å². The maximum absolute atomic E-state index is 13.0. The van der Waals surface area contributed by atoms with Gasteiger partial charge in [-0.15, -0.1) is 16.5 Å². The van der Waals surface area contributed by atoms with Crippen LogP contribution < -0.4 is 26.2 Å². The first-order valence-corrected chi connectivity index (χ1v) is 11.1. The molecule has 0 aliphatic carbocycles. The van der Waals surface area contributed by atoms with Crippen LogP contribution in [-0.4, -0.2) is 38.7 Å². The number of carbonyl (C=O) groups is 2. The third-order valence-electron chi connectivity index (χ3n) is 5.48. The Balaban J connectivity index is 1.31. The number of anilines is 1. The number of hydrogen-bond donors (Lipinski definition) is 2. The first-order chi connectivity index (χ1) is 15.9. The fraction of sp³-hybridized carbons (Fsp3) is 0.273. The third kappa shape index (κ3) is 4.19. The molecule has 10 nitrogen and oxygen atoms in total. The van der Waals surface area contributed by atoms with Crippen LogP contribution >= 0.6 is 11.8 Å². The summed E-state index contributed by atoms with van der Waals surface area (Å²) in [6.45, 7) is 1.99. The molecule has 170 valence electrons. The molecule has 2 aromatic carbocycles. The summed E-state index contributed by atoms with van der Waals surface area (Å²) < 4.78 is 16.5. The first-order valence-electron chi connectivity index (χ1n) is 10.2. The van der Waals surface area contributed by atoms with Crippen LogP contribution in [0, 0.1) is 0 Å². The van der Waals surface area contributed by atoms with Crippen molar-refractivity contribution in [3.63, 3.8) is 0 Å². The lowest BCUT2D eigenvalue weighted by Gasteiger charge is -2.16. The van der Waals surface area contributed by atoms with E-state index in [1.54, 1.807) is 43.3 Å². The van der Waals surface area contributed by atoms with E-state index in [1.807, 2.05) is 4.98 Å². The van der Waals surface area contributed by atoms with Crippen molar-refractivity contribution < 1.29 is 23.6 Å². The Labute approximate surface area is 190 Å². The average molecular weight is 469 g/mol. The van der Waals surface area contributed by atoms with Crippen LogP contribution in [0.1, 0.15) is 28.4 Å². The van der Waals surface area contributed by atoms with Crippen molar-refractivity contribution >= 4 is 29.1 Å². The van der Waals surface area contributed by atoms with Crippen molar-refractivity contribution in [3.05, 3.63) is 74.1 Å². The van der Waals surface area contributed by atoms with Gasteiger partial charge < -0.3 is 19.3 Å². The van der Waals surface area contributed by atoms with Crippen molar-refractivity contribution in [1.82, 2.24) is 9.72 Å². The number of H-pyrrole nitrogens is 1. The Hall–Kier alpha value is -3.73. The predicted molar refractivity (Wildman–Crippen MR) is 119 cm³/mol. The summed E-state index contributed by atoms with van der Waals surface area (Å²) in [5, 5.41) is 2.03. The average Bonchev–Trinajstić information content (AvgIpc) is 3.34. The highest BCUT2D eigenvalue weighted by atomic mass is 32.2. The lowest BCUT2D eigenvalue weighted by atomic mass is 9.97. The fourth-order valence-corrected chi connectivity index (χ4v) is 5.01. The Morgan fingerprint density at radius 1 is 1.15 bits per heavy atom. The SMILES string of the molecule is CC1SC(C(=O)Nc2ccc(Cn3oc(=O)[nH]c3=O)cc2)Cc2cc3c(cc2C1=O)OCO3. The van der Waals surface area contributed by atoms with Gasteiger partial charge in [-0.25, -0.2) is 14.6 Å². The minimum atomic E-state index is -0.817. The number of carbonyl (C=O) groups excluding carboxylic acids is 2. The van der Waals surface area contributed by atoms with E-state index >= 15 is 0 Å². The zero-order chi connectivity index (χ0) is 23.1. The van der Waals surface area contributed by atoms with E-state index in [1.165, 1.54) is 11.8 Å². The number of fused-ring (bicyclic) bond motifs is 2. The van der Waals surface area contributed by atoms with Crippen molar-refractivity contribution in [1.29, 1.82) is 0 Å². The second kappa shape index (κ2) is 8.32. The summed E-state index contributed by atoms with van der Waals surface area (Å²) in [4.78, 5) is 50.6. The summed E-state index contributed by atoms with van der Waals surface area (Å²) in [5.74, 6) is 0.0464. The summed E-state index contributed by atoms with van der Waals surface area (Å²) in [6, 6.07) is 10.3. The van der Waals surface area contributed by atoms with Crippen LogP contribution in [0.2, 0.25) is 0 Å². The molecular weight excluding hydrogens is 450 g/mol. The van der Waals surface area contributed by atoms with Gasteiger partial charge in [0.2, 0.25) is 12.7 Å². The number of ketones is 1. The van der Waals surface area contributed by atoms with Crippen LogP contribution in [-0.2, 0) is 17.8 Å². The van der Waals surface area contributed by atoms with Crippen LogP contribution in [0.5, 0.6) is 11.5 Å². The molecule has 0 saturated heterocycles. The fourth-order valence-electron chi connectivity index (χ4n) is 3.81. The zero-order valence-electron chi connectivity index (χ0n) is 17.5. The number of rotatable bonds is 4. The van der Waals surface area contributed by atoms with Gasteiger partial charge in [0.1, 0.15) is 0 Å². The van der Waals surface area contributed by atoms with Gasteiger partial charge in [-0.1, -0.05) is 12.1 Å². The smallest absolute Gasteiger partial charge is 0.440 e. The highest BCUT2D eigenvalue weighted by molar-refractivity contribution is 8.01. The Kier molecular flexibility index (Phi) is 5.33. The molecule has 3 aromatic rings. The van der Waals surface area contributed by atoms with Crippen LogP contribution in [0.4, 0.5) is 5.69 Å². The molecule has 2 unspecified atom stereocenters. The monoisotopic (exact) mass is 469 g/mol. The molecular formula is C22H19N3O7S. The van der Waals surface area contributed by atoms with Gasteiger partial charge in [-0.3, -0.25) is 9.59 Å². The molecule has 5 rings (SSSR count). The van der Waals surface area contributed by atoms with Crippen molar-refractivity contribution in [2.75, 3.05) is 12.1 Å². The lowest BCUT2D eigenvalue weighted by molar-refractivity contribution is -0.115. The van der Waals surface area contributed by atoms with Gasteiger partial charge in [0.05, 0.1) is 17.0 Å². The van der Waals surface area contributed by atoms with E-state index in [4.69, 9.17) is 14.0 Å². The van der Waals surface area contributed by atoms with Gasteiger partial charge in [0.25, 0.3) is 0 Å². The van der Waals surface area contributed by atoms with E-state index in [-0.39, 0.29) is 30.3 Å². The molecule has 0 radical (unpaired) electrons. The predicted octanol–water partition coefficient (Wildman–Crippen LogP) is 1.77. The molecule has 1 amide bonds. The van der Waals surface area contributed by atoms with E-state index in [0.29, 0.717) is 34.7 Å². The number of amides is 1. The minimum Gasteiger partial charge on any atom is -0.454 e. The number of aromatic nitrogens is 2. The van der Waals surface area contributed by atoms with E-state index in [2.05, 4.69) is 5.32 Å². The van der Waals surface area contributed by atoms with Gasteiger partial charge >= 0.3 is 11.4 Å². The second-order valence-electron chi connectivity index (χ2n) is 7.73. The van der Waals surface area contributed by atoms with Gasteiger partial charge in [-0.05, 0) is 48.7 Å². The topological polar surface area (TPSA) is 133 Å². The highest BCUT2D eigenvalue weighted by Gasteiger charge is 2.33. The number of aromatic amines is 1. The molecule has 0 fully saturated rings. The highest BCUT2D eigenvalue weighted by Crippen LogP contribution is 2.39. The maximum Gasteiger partial charge on any atom is 0.440 e. The Morgan fingerprint density at radius 2 is 1.88 bits per heavy atom. The van der Waals surface area contributed by atoms with Crippen LogP contribution in [0.3, 0.4) is 0 Å². The summed E-state index contributed by atoms with van der Waals surface area (Å²) in [5.41, 5.74) is 1.97. The molecule has 11 heteroatoms. The molecule has 3 heterocycles. The number of Topliss-reactive ketones (excluding diaryl/α,β-unsaturated/α-hetero) is 1. The van der Waals surface area contributed by atoms with Crippen LogP contribution in [0.15, 0.2) is 50.5 Å². The van der Waals surface area contributed by atoms with Crippen LogP contribution in [0.25, 0.3) is 0 Å². The molecule has 0 spiro atoms.